The summed E-state index contributed by atoms with van der Waals surface area (Å²) in [6.45, 7) is 7.65. The van der Waals surface area contributed by atoms with Gasteiger partial charge in [0.2, 0.25) is 0 Å². The van der Waals surface area contributed by atoms with Crippen molar-refractivity contribution in [3.8, 4) is 0 Å². The Morgan fingerprint density at radius 2 is 2.33 bits per heavy atom. The Labute approximate surface area is 114 Å². The molecular formula is C15H23NOS. The Bertz CT molecular complexity index is 384. The molecule has 1 aliphatic carbocycles. The van der Waals surface area contributed by atoms with Crippen molar-refractivity contribution in [1.29, 1.82) is 0 Å². The molecule has 1 saturated carbocycles. The van der Waals surface area contributed by atoms with Gasteiger partial charge in [0.15, 0.2) is 0 Å². The molecule has 1 unspecified atom stereocenters. The van der Waals surface area contributed by atoms with Gasteiger partial charge in [-0.2, -0.15) is 0 Å². The highest BCUT2D eigenvalue weighted by Gasteiger charge is 2.30. The van der Waals surface area contributed by atoms with Gasteiger partial charge in [0.25, 0.3) is 0 Å². The van der Waals surface area contributed by atoms with Gasteiger partial charge in [-0.3, -0.25) is 4.90 Å². The van der Waals surface area contributed by atoms with Gasteiger partial charge >= 0.3 is 0 Å². The highest BCUT2D eigenvalue weighted by Crippen LogP contribution is 2.30. The molecular weight excluding hydrogens is 242 g/mol. The van der Waals surface area contributed by atoms with Crippen LogP contribution in [0.15, 0.2) is 24.8 Å². The van der Waals surface area contributed by atoms with Crippen molar-refractivity contribution in [3.63, 3.8) is 0 Å². The average Bonchev–Trinajstić information content (AvgIpc) is 3.11. The maximum Gasteiger partial charge on any atom is 0.0670 e. The number of aliphatic hydroxyl groups is 1. The summed E-state index contributed by atoms with van der Waals surface area (Å²) in [7, 11) is 0. The molecule has 1 heterocycles. The summed E-state index contributed by atoms with van der Waals surface area (Å²) in [5.74, 6) is 0. The maximum atomic E-state index is 10.0. The van der Waals surface area contributed by atoms with Gasteiger partial charge in [0.05, 0.1) is 6.10 Å². The summed E-state index contributed by atoms with van der Waals surface area (Å²) in [5.41, 5.74) is 0. The summed E-state index contributed by atoms with van der Waals surface area (Å²) in [5, 5.41) is 10.0. The predicted octanol–water partition coefficient (Wildman–Crippen LogP) is 3.35. The maximum absolute atomic E-state index is 10.0. The first-order valence-corrected chi connectivity index (χ1v) is 7.59. The number of hydrogen-bond donors (Lipinski definition) is 1. The summed E-state index contributed by atoms with van der Waals surface area (Å²) < 4.78 is 0. The van der Waals surface area contributed by atoms with Crippen molar-refractivity contribution >= 4 is 11.3 Å². The third-order valence-electron chi connectivity index (χ3n) is 3.37. The fourth-order valence-corrected chi connectivity index (χ4v) is 3.14. The van der Waals surface area contributed by atoms with Gasteiger partial charge in [-0.15, -0.1) is 17.9 Å². The average molecular weight is 265 g/mol. The van der Waals surface area contributed by atoms with E-state index < -0.39 is 0 Å². The molecule has 100 valence electrons. The minimum atomic E-state index is -0.218. The first-order chi connectivity index (χ1) is 8.69. The van der Waals surface area contributed by atoms with E-state index in [1.165, 1.54) is 22.6 Å². The number of hydrogen-bond acceptors (Lipinski definition) is 3. The molecule has 0 bridgehead atoms. The summed E-state index contributed by atoms with van der Waals surface area (Å²) in [4.78, 5) is 5.22. The van der Waals surface area contributed by atoms with Crippen LogP contribution in [0, 0.1) is 6.92 Å². The first-order valence-electron chi connectivity index (χ1n) is 6.77. The summed E-state index contributed by atoms with van der Waals surface area (Å²) >= 11 is 1.87. The topological polar surface area (TPSA) is 23.5 Å². The van der Waals surface area contributed by atoms with Gasteiger partial charge < -0.3 is 5.11 Å². The number of nitrogens with zero attached hydrogens (tertiary/aromatic N) is 1. The molecule has 0 radical (unpaired) electrons. The monoisotopic (exact) mass is 265 g/mol. The molecule has 2 nitrogen and oxygen atoms in total. The van der Waals surface area contributed by atoms with Gasteiger partial charge in [-0.05, 0) is 44.7 Å². The van der Waals surface area contributed by atoms with E-state index in [1.807, 2.05) is 17.4 Å². The van der Waals surface area contributed by atoms with E-state index in [0.29, 0.717) is 6.04 Å². The Morgan fingerprint density at radius 1 is 1.56 bits per heavy atom. The third kappa shape index (κ3) is 4.23. The lowest BCUT2D eigenvalue weighted by Crippen LogP contribution is -2.33. The molecule has 1 aromatic heterocycles. The second-order valence-corrected chi connectivity index (χ2v) is 6.57. The van der Waals surface area contributed by atoms with E-state index >= 15 is 0 Å². The molecule has 0 spiro atoms. The SMILES string of the molecule is C=CCCC(O)CN(Cc1ccc(C)s1)C1CC1. The molecule has 0 aliphatic heterocycles. The highest BCUT2D eigenvalue weighted by atomic mass is 32.1. The lowest BCUT2D eigenvalue weighted by molar-refractivity contribution is 0.0985. The minimum Gasteiger partial charge on any atom is -0.392 e. The number of aliphatic hydroxyl groups excluding tert-OH is 1. The van der Waals surface area contributed by atoms with Crippen LogP contribution in [0.3, 0.4) is 0 Å². The van der Waals surface area contributed by atoms with E-state index in [9.17, 15) is 5.11 Å². The number of thiophene rings is 1. The predicted molar refractivity (Wildman–Crippen MR) is 77.9 cm³/mol. The van der Waals surface area contributed by atoms with E-state index in [1.54, 1.807) is 0 Å². The molecule has 1 atom stereocenters. The Kier molecular flexibility index (Phi) is 4.98. The van der Waals surface area contributed by atoms with E-state index in [0.717, 1.165) is 25.9 Å². The first kappa shape index (κ1) is 13.8. The van der Waals surface area contributed by atoms with E-state index in [-0.39, 0.29) is 6.10 Å². The largest absolute Gasteiger partial charge is 0.392 e. The van der Waals surface area contributed by atoms with Gasteiger partial charge in [-0.1, -0.05) is 6.08 Å². The number of allylic oxidation sites excluding steroid dienone is 1. The van der Waals surface area contributed by atoms with Crippen molar-refractivity contribution in [2.24, 2.45) is 0 Å². The highest BCUT2D eigenvalue weighted by molar-refractivity contribution is 7.11. The second kappa shape index (κ2) is 6.50. The van der Waals surface area contributed by atoms with Crippen LogP contribution < -0.4 is 0 Å². The van der Waals surface area contributed by atoms with Crippen molar-refractivity contribution < 1.29 is 5.11 Å². The van der Waals surface area contributed by atoms with Crippen LogP contribution in [0.1, 0.15) is 35.4 Å². The molecule has 3 heteroatoms. The second-order valence-electron chi connectivity index (χ2n) is 5.19. The summed E-state index contributed by atoms with van der Waals surface area (Å²) in [6, 6.07) is 5.09. The molecule has 0 saturated heterocycles. The van der Waals surface area contributed by atoms with Crippen LogP contribution in [-0.2, 0) is 6.54 Å². The third-order valence-corrected chi connectivity index (χ3v) is 4.35. The number of aryl methyl sites for hydroxylation is 1. The van der Waals surface area contributed by atoms with E-state index in [4.69, 9.17) is 0 Å². The van der Waals surface area contributed by atoms with Crippen molar-refractivity contribution in [1.82, 2.24) is 4.90 Å². The Morgan fingerprint density at radius 3 is 2.89 bits per heavy atom. The normalized spacial score (nSPS) is 17.1. The van der Waals surface area contributed by atoms with Crippen LogP contribution in [0.5, 0.6) is 0 Å². The van der Waals surface area contributed by atoms with Crippen molar-refractivity contribution in [3.05, 3.63) is 34.5 Å². The zero-order valence-corrected chi connectivity index (χ0v) is 12.0. The lowest BCUT2D eigenvalue weighted by atomic mass is 10.2. The minimum absolute atomic E-state index is 0.218. The molecule has 2 rings (SSSR count). The van der Waals surface area contributed by atoms with Gasteiger partial charge in [-0.25, -0.2) is 0 Å². The standard InChI is InChI=1S/C15H23NOS/c1-3-4-5-14(17)10-16(13-7-8-13)11-15-9-6-12(2)18-15/h3,6,9,13-14,17H,1,4-5,7-8,10-11H2,2H3. The van der Waals surface area contributed by atoms with Crippen molar-refractivity contribution in [2.75, 3.05) is 6.54 Å². The summed E-state index contributed by atoms with van der Waals surface area (Å²) in [6.07, 6.45) is 5.97. The van der Waals surface area contributed by atoms with Gasteiger partial charge in [0, 0.05) is 28.9 Å². The molecule has 0 amide bonds. The Balaban J connectivity index is 1.86. The number of rotatable bonds is 8. The van der Waals surface area contributed by atoms with Crippen LogP contribution in [0.2, 0.25) is 0 Å². The molecule has 1 fully saturated rings. The quantitative estimate of drug-likeness (QED) is 0.729. The molecule has 1 aliphatic rings. The molecule has 1 N–H and O–H groups in total. The fraction of sp³-hybridized carbons (Fsp3) is 0.600. The lowest BCUT2D eigenvalue weighted by Gasteiger charge is -2.24. The molecule has 18 heavy (non-hydrogen) atoms. The smallest absolute Gasteiger partial charge is 0.0670 e. The molecule has 0 aromatic carbocycles. The zero-order valence-electron chi connectivity index (χ0n) is 11.1. The Hall–Kier alpha value is -0.640. The van der Waals surface area contributed by atoms with Crippen LogP contribution >= 0.6 is 11.3 Å². The molecule has 1 aromatic rings. The fourth-order valence-electron chi connectivity index (χ4n) is 2.22. The van der Waals surface area contributed by atoms with Gasteiger partial charge in [0.1, 0.15) is 0 Å². The zero-order chi connectivity index (χ0) is 13.0. The van der Waals surface area contributed by atoms with Crippen LogP contribution in [0.25, 0.3) is 0 Å². The van der Waals surface area contributed by atoms with E-state index in [2.05, 4.69) is 30.5 Å². The van der Waals surface area contributed by atoms with Crippen molar-refractivity contribution in [2.45, 2.75) is 51.3 Å². The van der Waals surface area contributed by atoms with Crippen LogP contribution in [0.4, 0.5) is 0 Å². The van der Waals surface area contributed by atoms with Crippen LogP contribution in [-0.4, -0.2) is 28.7 Å².